The number of carbonyl (C=O) groups is 3. The fourth-order valence-electron chi connectivity index (χ4n) is 1.18. The smallest absolute Gasteiger partial charge is 0.332 e. The second-order valence-electron chi connectivity index (χ2n) is 4.38. The van der Waals surface area contributed by atoms with Crippen LogP contribution < -0.4 is 5.32 Å². The number of amides is 2. The predicted octanol–water partition coefficient (Wildman–Crippen LogP) is -0.787. The van der Waals surface area contributed by atoms with E-state index in [2.05, 4.69) is 5.32 Å². The van der Waals surface area contributed by atoms with Gasteiger partial charge in [-0.25, -0.2) is 4.79 Å². The van der Waals surface area contributed by atoms with Gasteiger partial charge >= 0.3 is 5.97 Å². The number of hydrogen-bond acceptors (Lipinski definition) is 4. The van der Waals surface area contributed by atoms with Crippen LogP contribution in [0.5, 0.6) is 0 Å². The van der Waals surface area contributed by atoms with E-state index in [0.717, 1.165) is 12.8 Å². The largest absolute Gasteiger partial charge is 0.479 e. The highest BCUT2D eigenvalue weighted by atomic mass is 16.5. The molecule has 0 radical (unpaired) electrons. The van der Waals surface area contributed by atoms with Crippen LogP contribution in [0.25, 0.3) is 0 Å². The summed E-state index contributed by atoms with van der Waals surface area (Å²) in [4.78, 5) is 34.6. The highest BCUT2D eigenvalue weighted by molar-refractivity contribution is 5.85. The van der Waals surface area contributed by atoms with E-state index < -0.39 is 18.0 Å². The SMILES string of the molecule is C[C@@H](OCC(=O)N(C)CC(=O)NC1CC1)C(=O)O. The van der Waals surface area contributed by atoms with Crippen LogP contribution in [0.4, 0.5) is 0 Å². The van der Waals surface area contributed by atoms with Crippen molar-refractivity contribution in [3.05, 3.63) is 0 Å². The Bertz CT molecular complexity index is 340. The number of nitrogens with one attached hydrogen (secondary N) is 1. The molecule has 0 aliphatic heterocycles. The van der Waals surface area contributed by atoms with E-state index in [0.29, 0.717) is 0 Å². The number of likely N-dealkylation sites (N-methyl/N-ethyl adjacent to an activating group) is 1. The van der Waals surface area contributed by atoms with E-state index in [1.54, 1.807) is 0 Å². The minimum absolute atomic E-state index is 0.0415. The van der Waals surface area contributed by atoms with Crippen LogP contribution in [0.3, 0.4) is 0 Å². The lowest BCUT2D eigenvalue weighted by atomic mass is 10.4. The molecule has 1 aliphatic carbocycles. The zero-order valence-electron chi connectivity index (χ0n) is 10.5. The van der Waals surface area contributed by atoms with Crippen LogP contribution >= 0.6 is 0 Å². The lowest BCUT2D eigenvalue weighted by Crippen LogP contribution is -2.41. The molecule has 18 heavy (non-hydrogen) atoms. The van der Waals surface area contributed by atoms with E-state index in [4.69, 9.17) is 9.84 Å². The summed E-state index contributed by atoms with van der Waals surface area (Å²) in [7, 11) is 1.48. The summed E-state index contributed by atoms with van der Waals surface area (Å²) in [6.07, 6.45) is 0.938. The standard InChI is InChI=1S/C11H18N2O5/c1-7(11(16)17)18-6-10(15)13(2)5-9(14)12-8-3-4-8/h7-8H,3-6H2,1-2H3,(H,12,14)(H,16,17)/t7-/m1/s1. The van der Waals surface area contributed by atoms with Crippen molar-refractivity contribution in [2.24, 2.45) is 0 Å². The van der Waals surface area contributed by atoms with Gasteiger partial charge in [-0.05, 0) is 19.8 Å². The lowest BCUT2D eigenvalue weighted by Gasteiger charge is -2.17. The highest BCUT2D eigenvalue weighted by Crippen LogP contribution is 2.18. The average molecular weight is 258 g/mol. The number of carboxylic acid groups (broad SMARTS) is 1. The van der Waals surface area contributed by atoms with Gasteiger partial charge in [0.15, 0.2) is 6.10 Å². The summed E-state index contributed by atoms with van der Waals surface area (Å²) in [5.74, 6) is -1.76. The molecule has 1 aliphatic rings. The van der Waals surface area contributed by atoms with Crippen molar-refractivity contribution < 1.29 is 24.2 Å². The first-order valence-corrected chi connectivity index (χ1v) is 5.78. The Morgan fingerprint density at radius 2 is 2.06 bits per heavy atom. The number of aliphatic carboxylic acids is 1. The summed E-state index contributed by atoms with van der Waals surface area (Å²) in [6, 6.07) is 0.254. The molecule has 0 bridgehead atoms. The Labute approximate surface area is 105 Å². The van der Waals surface area contributed by atoms with Gasteiger partial charge in [-0.15, -0.1) is 0 Å². The maximum Gasteiger partial charge on any atom is 0.332 e. The van der Waals surface area contributed by atoms with Crippen molar-refractivity contribution in [2.45, 2.75) is 31.9 Å². The Kier molecular flexibility index (Phi) is 5.08. The molecule has 7 heteroatoms. The molecule has 0 heterocycles. The van der Waals surface area contributed by atoms with Gasteiger partial charge in [0.25, 0.3) is 0 Å². The van der Waals surface area contributed by atoms with E-state index in [-0.39, 0.29) is 25.1 Å². The van der Waals surface area contributed by atoms with Crippen molar-refractivity contribution >= 4 is 17.8 Å². The van der Waals surface area contributed by atoms with Gasteiger partial charge in [0, 0.05) is 13.1 Å². The normalized spacial score (nSPS) is 15.9. The molecule has 0 unspecified atom stereocenters. The van der Waals surface area contributed by atoms with E-state index in [1.165, 1.54) is 18.9 Å². The van der Waals surface area contributed by atoms with Gasteiger partial charge in [-0.1, -0.05) is 0 Å². The second kappa shape index (κ2) is 6.34. The lowest BCUT2D eigenvalue weighted by molar-refractivity contribution is -0.153. The quantitative estimate of drug-likeness (QED) is 0.624. The molecule has 2 amide bonds. The maximum atomic E-state index is 11.5. The van der Waals surface area contributed by atoms with Gasteiger partial charge in [0.05, 0.1) is 6.54 Å². The van der Waals surface area contributed by atoms with Crippen LogP contribution in [0.1, 0.15) is 19.8 Å². The fourth-order valence-corrected chi connectivity index (χ4v) is 1.18. The number of hydrogen-bond donors (Lipinski definition) is 2. The molecular weight excluding hydrogens is 240 g/mol. The first kappa shape index (κ1) is 14.4. The first-order valence-electron chi connectivity index (χ1n) is 5.78. The van der Waals surface area contributed by atoms with Gasteiger partial charge in [-0.3, -0.25) is 9.59 Å². The first-order chi connectivity index (χ1) is 8.40. The minimum Gasteiger partial charge on any atom is -0.479 e. The molecule has 2 N–H and O–H groups in total. The average Bonchev–Trinajstić information content (AvgIpc) is 3.08. The zero-order chi connectivity index (χ0) is 13.7. The summed E-state index contributed by atoms with van der Waals surface area (Å²) >= 11 is 0. The third-order valence-corrected chi connectivity index (χ3v) is 2.55. The molecule has 0 aromatic heterocycles. The monoisotopic (exact) mass is 258 g/mol. The Morgan fingerprint density at radius 1 is 1.44 bits per heavy atom. The molecule has 0 aromatic rings. The summed E-state index contributed by atoms with van der Waals surface area (Å²) in [5.41, 5.74) is 0. The van der Waals surface area contributed by atoms with Gasteiger partial charge in [-0.2, -0.15) is 0 Å². The van der Waals surface area contributed by atoms with Crippen LogP contribution in [0.2, 0.25) is 0 Å². The van der Waals surface area contributed by atoms with Crippen molar-refractivity contribution in [3.8, 4) is 0 Å². The molecule has 0 saturated heterocycles. The van der Waals surface area contributed by atoms with Crippen LogP contribution in [-0.4, -0.2) is 60.1 Å². The van der Waals surface area contributed by atoms with Gasteiger partial charge < -0.3 is 20.1 Å². The molecule has 1 atom stereocenters. The number of nitrogens with zero attached hydrogens (tertiary/aromatic N) is 1. The fraction of sp³-hybridized carbons (Fsp3) is 0.727. The van der Waals surface area contributed by atoms with Crippen LogP contribution in [-0.2, 0) is 19.1 Å². The van der Waals surface area contributed by atoms with Gasteiger partial charge in [0.1, 0.15) is 6.61 Å². The molecule has 1 rings (SSSR count). The molecule has 102 valence electrons. The third-order valence-electron chi connectivity index (χ3n) is 2.55. The van der Waals surface area contributed by atoms with Crippen LogP contribution in [0, 0.1) is 0 Å². The molecule has 0 aromatic carbocycles. The van der Waals surface area contributed by atoms with Crippen molar-refractivity contribution in [1.82, 2.24) is 10.2 Å². The molecule has 0 spiro atoms. The van der Waals surface area contributed by atoms with Crippen LogP contribution in [0.15, 0.2) is 0 Å². The van der Waals surface area contributed by atoms with Crippen molar-refractivity contribution in [2.75, 3.05) is 20.2 Å². The Balaban J connectivity index is 2.22. The third kappa shape index (κ3) is 5.13. The Hall–Kier alpha value is -1.63. The number of ether oxygens (including phenoxy) is 1. The van der Waals surface area contributed by atoms with E-state index in [9.17, 15) is 14.4 Å². The van der Waals surface area contributed by atoms with E-state index in [1.807, 2.05) is 0 Å². The molecular formula is C11H18N2O5. The summed E-state index contributed by atoms with van der Waals surface area (Å²) in [5, 5.41) is 11.3. The summed E-state index contributed by atoms with van der Waals surface area (Å²) in [6.45, 7) is 0.955. The second-order valence-corrected chi connectivity index (χ2v) is 4.38. The van der Waals surface area contributed by atoms with E-state index >= 15 is 0 Å². The molecule has 1 saturated carbocycles. The topological polar surface area (TPSA) is 95.9 Å². The predicted molar refractivity (Wildman–Crippen MR) is 61.9 cm³/mol. The zero-order valence-corrected chi connectivity index (χ0v) is 10.5. The maximum absolute atomic E-state index is 11.5. The van der Waals surface area contributed by atoms with Crippen molar-refractivity contribution in [1.29, 1.82) is 0 Å². The summed E-state index contributed by atoms with van der Waals surface area (Å²) < 4.78 is 4.84. The van der Waals surface area contributed by atoms with Gasteiger partial charge in [0.2, 0.25) is 11.8 Å². The molecule has 7 nitrogen and oxygen atoms in total. The molecule has 1 fully saturated rings. The minimum atomic E-state index is -1.13. The highest BCUT2D eigenvalue weighted by Gasteiger charge is 2.24. The van der Waals surface area contributed by atoms with Crippen molar-refractivity contribution in [3.63, 3.8) is 0 Å². The number of carboxylic acids is 1. The number of rotatable bonds is 7. The Morgan fingerprint density at radius 3 is 2.56 bits per heavy atom. The number of carbonyl (C=O) groups excluding carboxylic acids is 2.